The van der Waals surface area contributed by atoms with E-state index >= 15 is 0 Å². The van der Waals surface area contributed by atoms with Crippen LogP contribution in [0.1, 0.15) is 6.42 Å². The number of alkyl halides is 3. The smallest absolute Gasteiger partial charge is 0.550 e. The van der Waals surface area contributed by atoms with E-state index in [0.717, 1.165) is 0 Å². The number of carbonyl (C=O) groups excluding carboxylic acids is 1. The number of carboxylic acids is 1. The van der Waals surface area contributed by atoms with Crippen LogP contribution in [0.15, 0.2) is 0 Å². The van der Waals surface area contributed by atoms with Gasteiger partial charge in [-0.25, -0.2) is 0 Å². The first kappa shape index (κ1) is 12.0. The van der Waals surface area contributed by atoms with E-state index in [-0.39, 0.29) is 29.6 Å². The van der Waals surface area contributed by atoms with Gasteiger partial charge in [0.25, 0.3) is 0 Å². The zero-order valence-electron chi connectivity index (χ0n) is 4.66. The molecule has 0 aromatic carbocycles. The maximum atomic E-state index is 10.9. The van der Waals surface area contributed by atoms with E-state index < -0.39 is 18.6 Å². The Labute approximate surface area is 71.3 Å². The molecule has 0 heterocycles. The summed E-state index contributed by atoms with van der Waals surface area (Å²) < 4.78 is 32.7. The predicted octanol–water partition coefficient (Wildman–Crippen LogP) is -3.31. The molecule has 0 aliphatic carbocycles. The SMILES string of the molecule is O=C([O-])CC(F)(F)F.[Na+]. The molecule has 48 valence electrons. The van der Waals surface area contributed by atoms with Crippen molar-refractivity contribution in [2.45, 2.75) is 12.6 Å². The van der Waals surface area contributed by atoms with E-state index in [1.165, 1.54) is 0 Å². The Kier molecular flexibility index (Phi) is 5.51. The van der Waals surface area contributed by atoms with Crippen LogP contribution < -0.4 is 34.7 Å². The zero-order valence-corrected chi connectivity index (χ0v) is 6.66. The molecule has 0 aromatic heterocycles. The molecule has 0 spiro atoms. The van der Waals surface area contributed by atoms with Crippen LogP contribution in [0.4, 0.5) is 13.2 Å². The van der Waals surface area contributed by atoms with Crippen LogP contribution in [0.25, 0.3) is 0 Å². The first-order chi connectivity index (χ1) is 3.42. The summed E-state index contributed by atoms with van der Waals surface area (Å²) in [5.74, 6) is -2.10. The molecule has 0 aromatic rings. The number of carboxylic acid groups (broad SMARTS) is 1. The fourth-order valence-electron chi connectivity index (χ4n) is 0.164. The third kappa shape index (κ3) is 11.7. The number of hydrogen-bond acceptors (Lipinski definition) is 2. The summed E-state index contributed by atoms with van der Waals surface area (Å²) in [6.45, 7) is 0. The van der Waals surface area contributed by atoms with Crippen molar-refractivity contribution in [3.8, 4) is 0 Å². The van der Waals surface area contributed by atoms with Gasteiger partial charge in [-0.05, 0) is 0 Å². The molecule has 0 N–H and O–H groups in total. The van der Waals surface area contributed by atoms with Gasteiger partial charge in [0.05, 0.1) is 12.4 Å². The van der Waals surface area contributed by atoms with Crippen molar-refractivity contribution in [2.75, 3.05) is 0 Å². The molecule has 6 heteroatoms. The van der Waals surface area contributed by atoms with Crippen LogP contribution in [-0.2, 0) is 4.79 Å². The minimum Gasteiger partial charge on any atom is -0.550 e. The zero-order chi connectivity index (χ0) is 6.78. The second kappa shape index (κ2) is 4.14. The second-order valence-electron chi connectivity index (χ2n) is 1.16. The van der Waals surface area contributed by atoms with Gasteiger partial charge in [0.15, 0.2) is 0 Å². The molecule has 0 saturated carbocycles. The summed E-state index contributed by atoms with van der Waals surface area (Å²) in [6, 6.07) is 0. The maximum Gasteiger partial charge on any atom is 1.00 e. The molecule has 0 radical (unpaired) electrons. The number of halogens is 3. The molecule has 9 heavy (non-hydrogen) atoms. The Morgan fingerprint density at radius 3 is 1.78 bits per heavy atom. The van der Waals surface area contributed by atoms with Gasteiger partial charge in [-0.2, -0.15) is 13.2 Å². The van der Waals surface area contributed by atoms with Crippen LogP contribution in [0.3, 0.4) is 0 Å². The van der Waals surface area contributed by atoms with Gasteiger partial charge in [-0.3, -0.25) is 0 Å². The Hall–Kier alpha value is 0.260. The Balaban J connectivity index is 0. The van der Waals surface area contributed by atoms with Crippen LogP contribution in [-0.4, -0.2) is 12.1 Å². The summed E-state index contributed by atoms with van der Waals surface area (Å²) in [6.07, 6.45) is -6.51. The minimum atomic E-state index is -4.64. The summed E-state index contributed by atoms with van der Waals surface area (Å²) in [4.78, 5) is 9.18. The van der Waals surface area contributed by atoms with E-state index in [4.69, 9.17) is 0 Å². The number of aliphatic carboxylic acids is 1. The van der Waals surface area contributed by atoms with Crippen molar-refractivity contribution in [1.82, 2.24) is 0 Å². The fraction of sp³-hybridized carbons (Fsp3) is 0.667. The van der Waals surface area contributed by atoms with Gasteiger partial charge in [0.1, 0.15) is 0 Å². The van der Waals surface area contributed by atoms with Gasteiger partial charge in [0, 0.05) is 0 Å². The largest absolute Gasteiger partial charge is 1.00 e. The average molecular weight is 150 g/mol. The predicted molar refractivity (Wildman–Crippen MR) is 15.7 cm³/mol. The third-order valence-corrected chi connectivity index (χ3v) is 0.345. The van der Waals surface area contributed by atoms with Crippen molar-refractivity contribution >= 4 is 5.97 Å². The first-order valence-electron chi connectivity index (χ1n) is 1.68. The average Bonchev–Trinajstić information content (AvgIpc) is 1.21. The van der Waals surface area contributed by atoms with Crippen LogP contribution >= 0.6 is 0 Å². The topological polar surface area (TPSA) is 40.1 Å². The van der Waals surface area contributed by atoms with Crippen LogP contribution in [0.2, 0.25) is 0 Å². The van der Waals surface area contributed by atoms with E-state index in [1.807, 2.05) is 0 Å². The Bertz CT molecular complexity index is 99.7. The van der Waals surface area contributed by atoms with Crippen LogP contribution in [0, 0.1) is 0 Å². The number of rotatable bonds is 1. The molecule has 0 aliphatic rings. The van der Waals surface area contributed by atoms with Crippen molar-refractivity contribution in [2.24, 2.45) is 0 Å². The molecule has 0 unspecified atom stereocenters. The third-order valence-electron chi connectivity index (χ3n) is 0.345. The van der Waals surface area contributed by atoms with Crippen molar-refractivity contribution < 1.29 is 52.6 Å². The van der Waals surface area contributed by atoms with E-state index in [9.17, 15) is 23.1 Å². The first-order valence-corrected chi connectivity index (χ1v) is 1.68. The quantitative estimate of drug-likeness (QED) is 0.367. The number of hydrogen-bond donors (Lipinski definition) is 0. The second-order valence-corrected chi connectivity index (χ2v) is 1.16. The van der Waals surface area contributed by atoms with Gasteiger partial charge in [-0.15, -0.1) is 0 Å². The molecule has 2 nitrogen and oxygen atoms in total. The van der Waals surface area contributed by atoms with Crippen molar-refractivity contribution in [1.29, 1.82) is 0 Å². The van der Waals surface area contributed by atoms with Gasteiger partial charge in [-0.1, -0.05) is 0 Å². The summed E-state index contributed by atoms with van der Waals surface area (Å²) in [7, 11) is 0. The van der Waals surface area contributed by atoms with E-state index in [1.54, 1.807) is 0 Å². The molecule has 0 saturated heterocycles. The van der Waals surface area contributed by atoms with Gasteiger partial charge >= 0.3 is 35.7 Å². The monoisotopic (exact) mass is 150 g/mol. The molecule has 0 atom stereocenters. The minimum absolute atomic E-state index is 0. The van der Waals surface area contributed by atoms with Crippen molar-refractivity contribution in [3.05, 3.63) is 0 Å². The number of carbonyl (C=O) groups is 1. The van der Waals surface area contributed by atoms with E-state index in [0.29, 0.717) is 0 Å². The van der Waals surface area contributed by atoms with Crippen LogP contribution in [0.5, 0.6) is 0 Å². The molecular weight excluding hydrogens is 148 g/mol. The van der Waals surface area contributed by atoms with Gasteiger partial charge < -0.3 is 9.90 Å². The molecule has 0 amide bonds. The summed E-state index contributed by atoms with van der Waals surface area (Å²) in [5, 5.41) is 9.18. The Morgan fingerprint density at radius 2 is 1.78 bits per heavy atom. The summed E-state index contributed by atoms with van der Waals surface area (Å²) in [5.41, 5.74) is 0. The molecule has 0 fully saturated rings. The molecular formula is C3H2F3NaO2. The Morgan fingerprint density at radius 1 is 1.44 bits per heavy atom. The fourth-order valence-corrected chi connectivity index (χ4v) is 0.164. The standard InChI is InChI=1S/C3H3F3O2.Na/c4-3(5,6)1-2(7)8;/h1H2,(H,7,8);/q;+1/p-1. The molecule has 0 rings (SSSR count). The van der Waals surface area contributed by atoms with Crippen molar-refractivity contribution in [3.63, 3.8) is 0 Å². The maximum absolute atomic E-state index is 10.9. The van der Waals surface area contributed by atoms with Gasteiger partial charge in [0.2, 0.25) is 0 Å². The normalized spacial score (nSPS) is 10.1. The molecule has 0 aliphatic heterocycles. The van der Waals surface area contributed by atoms with E-state index in [2.05, 4.69) is 0 Å². The molecule has 0 bridgehead atoms. The summed E-state index contributed by atoms with van der Waals surface area (Å²) >= 11 is 0.